The molecule has 4 aromatic rings. The standard InChI is InChI=1S/C26H22ClFN4O2/c1-32-12-11-30-24(32)17-7-6-16(28)13-18(17)19-14-20(22(34-2)15-21(19)27)25(33)31-26(8-9-26)23-5-3-4-10-29-23/h3-7,10-15H,8-9H2,1-2H3,(H,31,33). The molecule has 0 unspecified atom stereocenters. The fraction of sp³-hybridized carbons (Fsp3) is 0.192. The normalized spacial score (nSPS) is 14.0. The topological polar surface area (TPSA) is 69.0 Å². The molecule has 1 amide bonds. The zero-order chi connectivity index (χ0) is 23.9. The monoisotopic (exact) mass is 476 g/mol. The van der Waals surface area contributed by atoms with Crippen LogP contribution in [0.5, 0.6) is 5.75 Å². The van der Waals surface area contributed by atoms with Gasteiger partial charge in [-0.25, -0.2) is 9.37 Å². The summed E-state index contributed by atoms with van der Waals surface area (Å²) in [5.74, 6) is 0.254. The van der Waals surface area contributed by atoms with Crippen molar-refractivity contribution < 1.29 is 13.9 Å². The lowest BCUT2D eigenvalue weighted by molar-refractivity contribution is 0.0926. The molecule has 0 atom stereocenters. The lowest BCUT2D eigenvalue weighted by Crippen LogP contribution is -2.35. The second-order valence-corrected chi connectivity index (χ2v) is 8.74. The van der Waals surface area contributed by atoms with Crippen molar-refractivity contribution in [2.75, 3.05) is 7.11 Å². The first-order valence-electron chi connectivity index (χ1n) is 10.8. The number of halogens is 2. The third kappa shape index (κ3) is 3.92. The molecule has 2 aromatic carbocycles. The largest absolute Gasteiger partial charge is 0.496 e. The Balaban J connectivity index is 1.59. The van der Waals surface area contributed by atoms with Gasteiger partial charge in [-0.1, -0.05) is 17.7 Å². The summed E-state index contributed by atoms with van der Waals surface area (Å²) in [7, 11) is 3.34. The van der Waals surface area contributed by atoms with Crippen molar-refractivity contribution in [2.45, 2.75) is 18.4 Å². The van der Waals surface area contributed by atoms with Gasteiger partial charge < -0.3 is 14.6 Å². The summed E-state index contributed by atoms with van der Waals surface area (Å²) in [6.07, 6.45) is 6.79. The molecule has 0 saturated heterocycles. The van der Waals surface area contributed by atoms with E-state index in [0.717, 1.165) is 18.5 Å². The molecule has 1 saturated carbocycles. The molecule has 8 heteroatoms. The summed E-state index contributed by atoms with van der Waals surface area (Å²) in [6, 6.07) is 13.3. The number of ether oxygens (including phenoxy) is 1. The minimum atomic E-state index is -0.500. The van der Waals surface area contributed by atoms with Gasteiger partial charge in [0.1, 0.15) is 17.4 Å². The molecule has 34 heavy (non-hydrogen) atoms. The molecule has 0 aliphatic heterocycles. The molecule has 0 radical (unpaired) electrons. The minimum Gasteiger partial charge on any atom is -0.496 e. The Labute approximate surface area is 201 Å². The number of rotatable bonds is 6. The summed E-state index contributed by atoms with van der Waals surface area (Å²) in [4.78, 5) is 22.3. The number of nitrogens with one attached hydrogen (secondary N) is 1. The highest BCUT2D eigenvalue weighted by Crippen LogP contribution is 2.45. The highest BCUT2D eigenvalue weighted by Gasteiger charge is 2.47. The van der Waals surface area contributed by atoms with E-state index in [1.807, 2.05) is 36.0 Å². The third-order valence-corrected chi connectivity index (χ3v) is 6.44. The maximum atomic E-state index is 14.3. The SMILES string of the molecule is COc1cc(Cl)c(-c2cc(F)ccc2-c2nccn2C)cc1C(=O)NC1(c2ccccn2)CC1. The van der Waals surface area contributed by atoms with Crippen molar-refractivity contribution >= 4 is 17.5 Å². The molecular weight excluding hydrogens is 455 g/mol. The zero-order valence-electron chi connectivity index (χ0n) is 18.7. The number of carbonyl (C=O) groups is 1. The molecule has 0 bridgehead atoms. The summed E-state index contributed by atoms with van der Waals surface area (Å²) < 4.78 is 21.7. The molecule has 0 spiro atoms. The van der Waals surface area contributed by atoms with Crippen LogP contribution in [0.25, 0.3) is 22.5 Å². The van der Waals surface area contributed by atoms with E-state index in [4.69, 9.17) is 16.3 Å². The van der Waals surface area contributed by atoms with Crippen LogP contribution in [0.2, 0.25) is 5.02 Å². The van der Waals surface area contributed by atoms with Crippen LogP contribution in [-0.4, -0.2) is 27.6 Å². The Kier molecular flexibility index (Phi) is 5.57. The number of hydrogen-bond acceptors (Lipinski definition) is 4. The summed E-state index contributed by atoms with van der Waals surface area (Å²) in [5, 5.41) is 3.45. The Bertz CT molecular complexity index is 1380. The van der Waals surface area contributed by atoms with Crippen LogP contribution in [0.3, 0.4) is 0 Å². The van der Waals surface area contributed by atoms with Crippen LogP contribution in [0.15, 0.2) is 67.1 Å². The highest BCUT2D eigenvalue weighted by molar-refractivity contribution is 6.34. The quantitative estimate of drug-likeness (QED) is 0.406. The first kappa shape index (κ1) is 22.1. The Morgan fingerprint density at radius 1 is 1.09 bits per heavy atom. The smallest absolute Gasteiger partial charge is 0.255 e. The average molecular weight is 477 g/mol. The number of aryl methyl sites for hydroxylation is 1. The molecule has 2 heterocycles. The zero-order valence-corrected chi connectivity index (χ0v) is 19.4. The van der Waals surface area contributed by atoms with Crippen LogP contribution in [0.1, 0.15) is 28.9 Å². The van der Waals surface area contributed by atoms with Gasteiger partial charge in [0.25, 0.3) is 5.91 Å². The second kappa shape index (κ2) is 8.57. The van der Waals surface area contributed by atoms with Crippen molar-refractivity contribution in [3.05, 3.63) is 89.2 Å². The van der Waals surface area contributed by atoms with Crippen LogP contribution in [0.4, 0.5) is 4.39 Å². The molecule has 1 N–H and O–H groups in total. The summed E-state index contributed by atoms with van der Waals surface area (Å²) in [6.45, 7) is 0. The molecule has 1 fully saturated rings. The number of aromatic nitrogens is 3. The van der Waals surface area contributed by atoms with Gasteiger partial charge in [-0.2, -0.15) is 0 Å². The predicted molar refractivity (Wildman–Crippen MR) is 128 cm³/mol. The van der Waals surface area contributed by atoms with E-state index in [1.54, 1.807) is 30.6 Å². The van der Waals surface area contributed by atoms with Crippen molar-refractivity contribution in [1.82, 2.24) is 19.9 Å². The summed E-state index contributed by atoms with van der Waals surface area (Å²) in [5.41, 5.74) is 2.35. The minimum absolute atomic E-state index is 0.305. The van der Waals surface area contributed by atoms with E-state index < -0.39 is 11.4 Å². The van der Waals surface area contributed by atoms with E-state index in [0.29, 0.717) is 38.9 Å². The Morgan fingerprint density at radius 2 is 1.91 bits per heavy atom. The van der Waals surface area contributed by atoms with E-state index >= 15 is 0 Å². The maximum Gasteiger partial charge on any atom is 0.255 e. The van der Waals surface area contributed by atoms with Crippen LogP contribution in [-0.2, 0) is 12.6 Å². The first-order chi connectivity index (χ1) is 16.4. The number of carbonyl (C=O) groups excluding carboxylic acids is 1. The van der Waals surface area contributed by atoms with Gasteiger partial charge in [0.15, 0.2) is 0 Å². The molecule has 1 aliphatic carbocycles. The van der Waals surface area contributed by atoms with E-state index in [-0.39, 0.29) is 5.91 Å². The van der Waals surface area contributed by atoms with Gasteiger partial charge in [0, 0.05) is 42.8 Å². The molecule has 2 aromatic heterocycles. The fourth-order valence-electron chi connectivity index (χ4n) is 4.17. The number of hydrogen-bond donors (Lipinski definition) is 1. The van der Waals surface area contributed by atoms with Crippen LogP contribution >= 0.6 is 11.6 Å². The third-order valence-electron chi connectivity index (χ3n) is 6.13. The molecule has 6 nitrogen and oxygen atoms in total. The number of benzene rings is 2. The van der Waals surface area contributed by atoms with E-state index in [2.05, 4.69) is 15.3 Å². The molecular formula is C26H22ClFN4O2. The first-order valence-corrected chi connectivity index (χ1v) is 11.2. The molecule has 1 aliphatic rings. The second-order valence-electron chi connectivity index (χ2n) is 8.34. The lowest BCUT2D eigenvalue weighted by atomic mass is 9.96. The number of amides is 1. The van der Waals surface area contributed by atoms with Gasteiger partial charge in [0.05, 0.1) is 28.9 Å². The maximum absolute atomic E-state index is 14.3. The van der Waals surface area contributed by atoms with Crippen LogP contribution in [0, 0.1) is 5.82 Å². The molecule has 172 valence electrons. The van der Waals surface area contributed by atoms with E-state index in [9.17, 15) is 9.18 Å². The van der Waals surface area contributed by atoms with Crippen molar-refractivity contribution in [3.8, 4) is 28.3 Å². The summed E-state index contributed by atoms with van der Waals surface area (Å²) >= 11 is 6.61. The van der Waals surface area contributed by atoms with E-state index in [1.165, 1.54) is 19.2 Å². The fourth-order valence-corrected chi connectivity index (χ4v) is 4.42. The Morgan fingerprint density at radius 3 is 2.56 bits per heavy atom. The Hall–Kier alpha value is -3.71. The van der Waals surface area contributed by atoms with Crippen molar-refractivity contribution in [1.29, 1.82) is 0 Å². The van der Waals surface area contributed by atoms with Gasteiger partial charge >= 0.3 is 0 Å². The number of pyridine rings is 1. The predicted octanol–water partition coefficient (Wildman–Crippen LogP) is 5.37. The number of nitrogens with zero attached hydrogens (tertiary/aromatic N) is 3. The van der Waals surface area contributed by atoms with Gasteiger partial charge in [-0.3, -0.25) is 9.78 Å². The molecule has 5 rings (SSSR count). The van der Waals surface area contributed by atoms with Crippen molar-refractivity contribution in [2.24, 2.45) is 7.05 Å². The van der Waals surface area contributed by atoms with Crippen molar-refractivity contribution in [3.63, 3.8) is 0 Å². The lowest BCUT2D eigenvalue weighted by Gasteiger charge is -2.19. The average Bonchev–Trinajstić information content (AvgIpc) is 3.50. The van der Waals surface area contributed by atoms with Crippen LogP contribution < -0.4 is 10.1 Å². The van der Waals surface area contributed by atoms with Gasteiger partial charge in [-0.15, -0.1) is 0 Å². The number of imidazole rings is 1. The van der Waals surface area contributed by atoms with Gasteiger partial charge in [-0.05, 0) is 54.8 Å². The highest BCUT2D eigenvalue weighted by atomic mass is 35.5. The number of methoxy groups -OCH3 is 1. The van der Waals surface area contributed by atoms with Gasteiger partial charge in [0.2, 0.25) is 0 Å².